The Kier molecular flexibility index (Phi) is 10.5. The molecule has 0 aromatic heterocycles. The average Bonchev–Trinajstić information content (AvgIpc) is 2.50. The summed E-state index contributed by atoms with van der Waals surface area (Å²) < 4.78 is 9.70. The number of methoxy groups -OCH3 is 2. The third-order valence-electron chi connectivity index (χ3n) is 2.80. The Bertz CT molecular complexity index is 376. The van der Waals surface area contributed by atoms with E-state index in [2.05, 4.69) is 10.1 Å². The fraction of sp³-hybridized carbons (Fsp3) is 0.692. The van der Waals surface area contributed by atoms with Gasteiger partial charge in [-0.3, -0.25) is 9.59 Å². The number of ketones is 1. The first-order chi connectivity index (χ1) is 9.99. The summed E-state index contributed by atoms with van der Waals surface area (Å²) in [5.74, 6) is -0.699. The van der Waals surface area contributed by atoms with Crippen LogP contribution in [0.25, 0.3) is 0 Å². The molecule has 0 aromatic rings. The van der Waals surface area contributed by atoms with Crippen molar-refractivity contribution in [2.24, 2.45) is 0 Å². The van der Waals surface area contributed by atoms with E-state index >= 15 is 0 Å². The molecule has 0 fully saturated rings. The highest BCUT2D eigenvalue weighted by atomic mass is 32.2. The summed E-state index contributed by atoms with van der Waals surface area (Å²) in [6, 6.07) is -0.918. The second kappa shape index (κ2) is 11.3. The van der Waals surface area contributed by atoms with Gasteiger partial charge in [0, 0.05) is 13.5 Å². The minimum atomic E-state index is -0.918. The Morgan fingerprint density at radius 1 is 1.29 bits per heavy atom. The summed E-state index contributed by atoms with van der Waals surface area (Å²) in [7, 11) is 2.64. The highest BCUT2D eigenvalue weighted by molar-refractivity contribution is 7.98. The first-order valence-corrected chi connectivity index (χ1v) is 7.82. The molecule has 0 heterocycles. The van der Waals surface area contributed by atoms with Gasteiger partial charge >= 0.3 is 5.97 Å². The maximum atomic E-state index is 12.0. The van der Waals surface area contributed by atoms with Crippen molar-refractivity contribution in [1.82, 2.24) is 5.32 Å². The summed E-state index contributed by atoms with van der Waals surface area (Å²) in [5, 5.41) is 9.35. The molecule has 1 amide bonds. The van der Waals surface area contributed by atoms with Crippen LogP contribution in [0.2, 0.25) is 0 Å². The van der Waals surface area contributed by atoms with Gasteiger partial charge in [-0.15, -0.1) is 0 Å². The lowest BCUT2D eigenvalue weighted by Crippen LogP contribution is -2.46. The zero-order chi connectivity index (χ0) is 16.3. The molecule has 0 saturated heterocycles. The van der Waals surface area contributed by atoms with Gasteiger partial charge in [-0.2, -0.15) is 11.8 Å². The topological polar surface area (TPSA) is 106 Å². The van der Waals surface area contributed by atoms with E-state index in [4.69, 9.17) is 10.1 Å². The number of Topliss-reactive ketones (excluding diaryl/α,β-unsaturated/α-hetero) is 1. The molecular formula is C13H22N2O5S. The number of esters is 1. The lowest BCUT2D eigenvalue weighted by molar-refractivity contribution is -0.147. The Morgan fingerprint density at radius 3 is 2.43 bits per heavy atom. The van der Waals surface area contributed by atoms with E-state index in [1.54, 1.807) is 11.8 Å². The summed E-state index contributed by atoms with van der Waals surface area (Å²) in [4.78, 5) is 34.8. The van der Waals surface area contributed by atoms with Gasteiger partial charge in [0.05, 0.1) is 13.3 Å². The standard InChI is InChI=1S/C13H22N2O5S/c1-19-11(6-7-21-3)12(17)15-10(13(18)20-2)5-4-9(16)8-14/h8,10-11,14H,4-7H2,1-3H3,(H,15,17)/t10-,11-/m0/s1. The SMILES string of the molecule is COC(=O)[C@H](CCC(=O)C=N)NC(=O)[C@H](CCSC)OC. The first kappa shape index (κ1) is 19.6. The van der Waals surface area contributed by atoms with Crippen molar-refractivity contribution in [2.75, 3.05) is 26.2 Å². The Balaban J connectivity index is 4.62. The minimum absolute atomic E-state index is 0.00793. The van der Waals surface area contributed by atoms with Gasteiger partial charge in [-0.25, -0.2) is 4.79 Å². The third-order valence-corrected chi connectivity index (χ3v) is 3.45. The van der Waals surface area contributed by atoms with Gasteiger partial charge in [0.2, 0.25) is 5.91 Å². The molecule has 0 spiro atoms. The lowest BCUT2D eigenvalue weighted by Gasteiger charge is -2.20. The quantitative estimate of drug-likeness (QED) is 0.422. The zero-order valence-electron chi connectivity index (χ0n) is 12.5. The molecule has 21 heavy (non-hydrogen) atoms. The molecule has 0 radical (unpaired) electrons. The third kappa shape index (κ3) is 7.81. The average molecular weight is 318 g/mol. The Hall–Kier alpha value is -1.41. The number of hydrogen-bond acceptors (Lipinski definition) is 7. The van der Waals surface area contributed by atoms with Crippen molar-refractivity contribution in [3.8, 4) is 0 Å². The van der Waals surface area contributed by atoms with Crippen molar-refractivity contribution < 1.29 is 23.9 Å². The number of ether oxygens (including phenoxy) is 2. The number of hydrogen-bond donors (Lipinski definition) is 2. The minimum Gasteiger partial charge on any atom is -0.467 e. The van der Waals surface area contributed by atoms with Crippen LogP contribution >= 0.6 is 11.8 Å². The summed E-state index contributed by atoms with van der Waals surface area (Å²) in [6.07, 6.45) is 2.56. The van der Waals surface area contributed by atoms with Crippen molar-refractivity contribution in [2.45, 2.75) is 31.4 Å². The fourth-order valence-corrected chi connectivity index (χ4v) is 2.05. The normalized spacial score (nSPS) is 13.1. The number of amides is 1. The van der Waals surface area contributed by atoms with Crippen LogP contribution in [0.4, 0.5) is 0 Å². The van der Waals surface area contributed by atoms with Crippen molar-refractivity contribution >= 4 is 35.6 Å². The van der Waals surface area contributed by atoms with Crippen LogP contribution in [0.1, 0.15) is 19.3 Å². The molecule has 0 bridgehead atoms. The maximum absolute atomic E-state index is 12.0. The number of thioether (sulfide) groups is 1. The number of rotatable bonds is 11. The molecule has 0 saturated carbocycles. The first-order valence-electron chi connectivity index (χ1n) is 6.43. The van der Waals surface area contributed by atoms with E-state index in [9.17, 15) is 14.4 Å². The van der Waals surface area contributed by atoms with E-state index in [0.717, 1.165) is 5.75 Å². The molecule has 2 atom stereocenters. The van der Waals surface area contributed by atoms with Crippen molar-refractivity contribution in [3.05, 3.63) is 0 Å². The number of carbonyl (C=O) groups is 3. The van der Waals surface area contributed by atoms with E-state index in [-0.39, 0.29) is 12.8 Å². The smallest absolute Gasteiger partial charge is 0.328 e. The highest BCUT2D eigenvalue weighted by Gasteiger charge is 2.26. The number of carbonyl (C=O) groups excluding carboxylic acids is 3. The predicted octanol–water partition coefficient (Wildman–Crippen LogP) is 0.411. The Morgan fingerprint density at radius 2 is 1.95 bits per heavy atom. The maximum Gasteiger partial charge on any atom is 0.328 e. The van der Waals surface area contributed by atoms with Gasteiger partial charge in [-0.1, -0.05) is 0 Å². The van der Waals surface area contributed by atoms with Crippen LogP contribution in [0.5, 0.6) is 0 Å². The molecule has 2 N–H and O–H groups in total. The van der Waals surface area contributed by atoms with Crippen LogP contribution in [-0.2, 0) is 23.9 Å². The van der Waals surface area contributed by atoms with Crippen molar-refractivity contribution in [3.63, 3.8) is 0 Å². The second-order valence-electron chi connectivity index (χ2n) is 4.24. The van der Waals surface area contributed by atoms with E-state index < -0.39 is 29.8 Å². The second-order valence-corrected chi connectivity index (χ2v) is 5.23. The molecule has 0 rings (SSSR count). The zero-order valence-corrected chi connectivity index (χ0v) is 13.3. The van der Waals surface area contributed by atoms with Crippen LogP contribution in [0.3, 0.4) is 0 Å². The largest absolute Gasteiger partial charge is 0.467 e. The van der Waals surface area contributed by atoms with Crippen molar-refractivity contribution in [1.29, 1.82) is 5.41 Å². The molecule has 0 aliphatic carbocycles. The highest BCUT2D eigenvalue weighted by Crippen LogP contribution is 2.06. The van der Waals surface area contributed by atoms with Gasteiger partial charge in [-0.05, 0) is 24.9 Å². The lowest BCUT2D eigenvalue weighted by atomic mass is 10.1. The predicted molar refractivity (Wildman–Crippen MR) is 80.8 cm³/mol. The molecule has 0 aliphatic heterocycles. The summed E-state index contributed by atoms with van der Waals surface area (Å²) in [5.41, 5.74) is 0. The van der Waals surface area contributed by atoms with E-state index in [1.807, 2.05) is 6.26 Å². The molecule has 0 aliphatic rings. The van der Waals surface area contributed by atoms with Crippen LogP contribution in [0.15, 0.2) is 0 Å². The molecule has 7 nitrogen and oxygen atoms in total. The molecule has 0 unspecified atom stereocenters. The fourth-order valence-electron chi connectivity index (χ4n) is 1.60. The van der Waals surface area contributed by atoms with Crippen LogP contribution < -0.4 is 5.32 Å². The van der Waals surface area contributed by atoms with Crippen LogP contribution in [-0.4, -0.2) is 62.2 Å². The molecule has 0 aromatic carbocycles. The summed E-state index contributed by atoms with van der Waals surface area (Å²) >= 11 is 1.59. The van der Waals surface area contributed by atoms with E-state index in [1.165, 1.54) is 14.2 Å². The van der Waals surface area contributed by atoms with Gasteiger partial charge in [0.25, 0.3) is 0 Å². The Labute approximate surface area is 128 Å². The van der Waals surface area contributed by atoms with Crippen LogP contribution in [0, 0.1) is 5.41 Å². The van der Waals surface area contributed by atoms with Gasteiger partial charge < -0.3 is 20.2 Å². The van der Waals surface area contributed by atoms with Gasteiger partial charge in [0.15, 0.2) is 5.78 Å². The molecule has 120 valence electrons. The molecular weight excluding hydrogens is 296 g/mol. The summed E-state index contributed by atoms with van der Waals surface area (Å²) in [6.45, 7) is 0. The molecule has 8 heteroatoms. The number of nitrogens with one attached hydrogen (secondary N) is 2. The van der Waals surface area contributed by atoms with E-state index in [0.29, 0.717) is 12.6 Å². The monoisotopic (exact) mass is 318 g/mol. The van der Waals surface area contributed by atoms with Gasteiger partial charge in [0.1, 0.15) is 12.1 Å².